The third-order valence-corrected chi connectivity index (χ3v) is 4.22. The monoisotopic (exact) mass is 374 g/mol. The first-order valence-electron chi connectivity index (χ1n) is 8.77. The van der Waals surface area contributed by atoms with E-state index < -0.39 is 0 Å². The first kappa shape index (κ1) is 17.6. The highest BCUT2D eigenvalue weighted by molar-refractivity contribution is 5.93. The van der Waals surface area contributed by atoms with Crippen LogP contribution in [0.15, 0.2) is 61.2 Å². The maximum atomic E-state index is 12.0. The largest absolute Gasteiger partial charge is 0.497 e. The number of hydrogen-bond acceptors (Lipinski definition) is 6. The Balaban J connectivity index is 1.43. The van der Waals surface area contributed by atoms with Crippen LogP contribution in [0.4, 0.5) is 0 Å². The fourth-order valence-electron chi connectivity index (χ4n) is 2.75. The number of carbonyl (C=O) groups is 1. The van der Waals surface area contributed by atoms with Crippen LogP contribution in [-0.4, -0.2) is 44.1 Å². The van der Waals surface area contributed by atoms with Crippen LogP contribution in [0.25, 0.3) is 16.9 Å². The second kappa shape index (κ2) is 7.83. The number of pyridine rings is 1. The molecule has 0 atom stereocenters. The lowest BCUT2D eigenvalue weighted by molar-refractivity contribution is 0.0953. The van der Waals surface area contributed by atoms with Gasteiger partial charge < -0.3 is 10.1 Å². The minimum absolute atomic E-state index is 0.166. The summed E-state index contributed by atoms with van der Waals surface area (Å²) in [6, 6.07) is 13.0. The number of fused-ring (bicyclic) bond motifs is 1. The quantitative estimate of drug-likeness (QED) is 0.556. The van der Waals surface area contributed by atoms with Gasteiger partial charge in [-0.15, -0.1) is 5.10 Å². The van der Waals surface area contributed by atoms with Gasteiger partial charge in [-0.25, -0.2) is 14.5 Å². The van der Waals surface area contributed by atoms with Crippen LogP contribution >= 0.6 is 0 Å². The zero-order valence-electron chi connectivity index (χ0n) is 15.2. The lowest BCUT2D eigenvalue weighted by atomic mass is 10.1. The molecule has 3 aromatic heterocycles. The van der Waals surface area contributed by atoms with Crippen molar-refractivity contribution in [3.8, 4) is 17.0 Å². The van der Waals surface area contributed by atoms with E-state index in [1.807, 2.05) is 30.3 Å². The van der Waals surface area contributed by atoms with Gasteiger partial charge in [-0.05, 0) is 36.4 Å². The van der Waals surface area contributed by atoms with Crippen LogP contribution in [0.1, 0.15) is 16.2 Å². The molecule has 4 rings (SSSR count). The summed E-state index contributed by atoms with van der Waals surface area (Å²) in [5.41, 5.74) is 3.00. The van der Waals surface area contributed by atoms with Crippen LogP contribution in [0.5, 0.6) is 5.75 Å². The van der Waals surface area contributed by atoms with E-state index in [1.165, 1.54) is 6.20 Å². The summed E-state index contributed by atoms with van der Waals surface area (Å²) in [4.78, 5) is 24.9. The van der Waals surface area contributed by atoms with Gasteiger partial charge in [-0.1, -0.05) is 0 Å². The Hall–Kier alpha value is -3.81. The summed E-state index contributed by atoms with van der Waals surface area (Å²) in [5, 5.41) is 7.25. The Morgan fingerprint density at radius 1 is 1.21 bits per heavy atom. The number of aromatic nitrogens is 5. The summed E-state index contributed by atoms with van der Waals surface area (Å²) < 4.78 is 6.81. The molecule has 1 aromatic carbocycles. The van der Waals surface area contributed by atoms with Gasteiger partial charge in [0.15, 0.2) is 11.5 Å². The number of ether oxygens (including phenoxy) is 1. The van der Waals surface area contributed by atoms with Gasteiger partial charge >= 0.3 is 0 Å². The Morgan fingerprint density at radius 3 is 2.82 bits per heavy atom. The molecule has 28 heavy (non-hydrogen) atoms. The molecule has 8 nitrogen and oxygen atoms in total. The zero-order chi connectivity index (χ0) is 19.3. The fraction of sp³-hybridized carbons (Fsp3) is 0.150. The minimum atomic E-state index is -0.166. The number of rotatable bonds is 6. The topological polar surface area (TPSA) is 94.3 Å². The molecule has 0 radical (unpaired) electrons. The van der Waals surface area contributed by atoms with Crippen LogP contribution in [0, 0.1) is 0 Å². The molecule has 0 fully saturated rings. The molecule has 0 bridgehead atoms. The Bertz CT molecular complexity index is 1090. The van der Waals surface area contributed by atoms with Gasteiger partial charge in [0.05, 0.1) is 18.4 Å². The summed E-state index contributed by atoms with van der Waals surface area (Å²) in [5.74, 6) is 1.27. The molecule has 0 saturated heterocycles. The fourth-order valence-corrected chi connectivity index (χ4v) is 2.75. The van der Waals surface area contributed by atoms with Gasteiger partial charge in [0, 0.05) is 37.0 Å². The number of benzene rings is 1. The molecule has 1 amide bonds. The summed E-state index contributed by atoms with van der Waals surface area (Å²) in [7, 11) is 1.64. The normalized spacial score (nSPS) is 10.8. The molecular formula is C20H18N6O2. The van der Waals surface area contributed by atoms with Gasteiger partial charge in [0.1, 0.15) is 12.1 Å². The van der Waals surface area contributed by atoms with E-state index >= 15 is 0 Å². The van der Waals surface area contributed by atoms with Crippen molar-refractivity contribution in [3.63, 3.8) is 0 Å². The molecule has 140 valence electrons. The van der Waals surface area contributed by atoms with E-state index in [2.05, 4.69) is 25.4 Å². The lowest BCUT2D eigenvalue weighted by Gasteiger charge is -2.02. The molecule has 1 N–H and O–H groups in total. The lowest BCUT2D eigenvalue weighted by Crippen LogP contribution is -2.26. The van der Waals surface area contributed by atoms with E-state index in [4.69, 9.17) is 4.74 Å². The Labute approximate surface area is 161 Å². The third kappa shape index (κ3) is 3.80. The highest BCUT2D eigenvalue weighted by atomic mass is 16.5. The number of amides is 1. The first-order chi connectivity index (χ1) is 13.7. The smallest absolute Gasteiger partial charge is 0.252 e. The molecule has 4 aromatic rings. The van der Waals surface area contributed by atoms with E-state index in [0.29, 0.717) is 30.0 Å². The molecule has 0 unspecified atom stereocenters. The van der Waals surface area contributed by atoms with Crippen molar-refractivity contribution in [2.75, 3.05) is 13.7 Å². The maximum Gasteiger partial charge on any atom is 0.252 e. The van der Waals surface area contributed by atoms with E-state index in [-0.39, 0.29) is 5.91 Å². The van der Waals surface area contributed by atoms with Crippen LogP contribution < -0.4 is 10.1 Å². The van der Waals surface area contributed by atoms with E-state index in [0.717, 1.165) is 17.0 Å². The molecule has 0 saturated carbocycles. The first-order valence-corrected chi connectivity index (χ1v) is 8.77. The van der Waals surface area contributed by atoms with Crippen molar-refractivity contribution in [1.82, 2.24) is 29.9 Å². The molecule has 0 aliphatic rings. The average Bonchev–Trinajstić information content (AvgIpc) is 3.16. The highest BCUT2D eigenvalue weighted by Crippen LogP contribution is 2.21. The number of hydrogen-bond donors (Lipinski definition) is 1. The molecule has 0 spiro atoms. The zero-order valence-corrected chi connectivity index (χ0v) is 15.2. The second-order valence-electron chi connectivity index (χ2n) is 6.08. The summed E-state index contributed by atoms with van der Waals surface area (Å²) in [6.07, 6.45) is 5.32. The molecule has 0 aliphatic heterocycles. The van der Waals surface area contributed by atoms with Crippen LogP contribution in [-0.2, 0) is 6.42 Å². The minimum Gasteiger partial charge on any atom is -0.497 e. The van der Waals surface area contributed by atoms with Crippen molar-refractivity contribution >= 4 is 11.6 Å². The van der Waals surface area contributed by atoms with E-state index in [1.54, 1.807) is 36.3 Å². The number of carbonyl (C=O) groups excluding carboxylic acids is 1. The number of nitrogens with one attached hydrogen (secondary N) is 1. The van der Waals surface area contributed by atoms with Crippen molar-refractivity contribution < 1.29 is 9.53 Å². The predicted molar refractivity (Wildman–Crippen MR) is 103 cm³/mol. The Morgan fingerprint density at radius 2 is 2.07 bits per heavy atom. The third-order valence-electron chi connectivity index (χ3n) is 4.22. The maximum absolute atomic E-state index is 12.0. The number of nitrogens with zero attached hydrogens (tertiary/aromatic N) is 5. The summed E-state index contributed by atoms with van der Waals surface area (Å²) in [6.45, 7) is 0.434. The highest BCUT2D eigenvalue weighted by Gasteiger charge is 2.09. The van der Waals surface area contributed by atoms with Gasteiger partial charge in [0.2, 0.25) is 0 Å². The molecule has 3 heterocycles. The second-order valence-corrected chi connectivity index (χ2v) is 6.08. The van der Waals surface area contributed by atoms with Crippen molar-refractivity contribution in [2.45, 2.75) is 6.42 Å². The van der Waals surface area contributed by atoms with Crippen molar-refractivity contribution in [1.29, 1.82) is 0 Å². The van der Waals surface area contributed by atoms with E-state index in [9.17, 15) is 4.79 Å². The summed E-state index contributed by atoms with van der Waals surface area (Å²) >= 11 is 0. The van der Waals surface area contributed by atoms with Crippen LogP contribution in [0.2, 0.25) is 0 Å². The van der Waals surface area contributed by atoms with Crippen molar-refractivity contribution in [3.05, 3.63) is 72.6 Å². The SMILES string of the molecule is COc1ccc(-c2cc3nc(CCNC(=O)c4cccnc4)nn3cn2)cc1. The van der Waals surface area contributed by atoms with Crippen molar-refractivity contribution in [2.24, 2.45) is 0 Å². The van der Waals surface area contributed by atoms with Gasteiger partial charge in [-0.3, -0.25) is 9.78 Å². The molecular weight excluding hydrogens is 356 g/mol. The van der Waals surface area contributed by atoms with Gasteiger partial charge in [-0.2, -0.15) is 0 Å². The predicted octanol–water partition coefficient (Wildman–Crippen LogP) is 2.17. The molecule has 8 heteroatoms. The van der Waals surface area contributed by atoms with Gasteiger partial charge in [0.25, 0.3) is 5.91 Å². The Kier molecular flexibility index (Phi) is 4.92. The molecule has 0 aliphatic carbocycles. The van der Waals surface area contributed by atoms with Crippen LogP contribution in [0.3, 0.4) is 0 Å². The number of methoxy groups -OCH3 is 1. The average molecular weight is 374 g/mol. The standard InChI is InChI=1S/C20H18N6O2/c1-28-16-6-4-14(5-7-16)17-11-19-24-18(25-26(19)13-23-17)8-10-22-20(27)15-3-2-9-21-12-15/h2-7,9,11-13H,8,10H2,1H3,(H,22,27).